The molecule has 0 spiro atoms. The third-order valence-electron chi connectivity index (χ3n) is 5.23. The van der Waals surface area contributed by atoms with E-state index in [1.54, 1.807) is 30.3 Å². The molecule has 0 saturated heterocycles. The van der Waals surface area contributed by atoms with Crippen molar-refractivity contribution in [2.45, 2.75) is 63.2 Å². The van der Waals surface area contributed by atoms with Gasteiger partial charge in [-0.25, -0.2) is 0 Å². The van der Waals surface area contributed by atoms with E-state index in [1.807, 2.05) is 0 Å². The molecule has 0 heterocycles. The molecule has 0 aromatic heterocycles. The van der Waals surface area contributed by atoms with Crippen LogP contribution < -0.4 is 33.2 Å². The molecular formula is C23H35N7O7. The van der Waals surface area contributed by atoms with Gasteiger partial charge in [-0.3, -0.25) is 29.0 Å². The normalized spacial score (nSPS) is 13.8. The van der Waals surface area contributed by atoms with Gasteiger partial charge >= 0.3 is 11.9 Å². The summed E-state index contributed by atoms with van der Waals surface area (Å²) in [5, 5.41) is 25.4. The van der Waals surface area contributed by atoms with Gasteiger partial charge in [0, 0.05) is 19.4 Å². The molecular weight excluding hydrogens is 486 g/mol. The van der Waals surface area contributed by atoms with Crippen LogP contribution >= 0.6 is 0 Å². The van der Waals surface area contributed by atoms with E-state index < -0.39 is 60.2 Å². The molecule has 37 heavy (non-hydrogen) atoms. The van der Waals surface area contributed by atoms with Crippen LogP contribution in [-0.2, 0) is 30.4 Å². The van der Waals surface area contributed by atoms with Gasteiger partial charge in [-0.1, -0.05) is 30.3 Å². The third-order valence-corrected chi connectivity index (χ3v) is 5.23. The van der Waals surface area contributed by atoms with Crippen molar-refractivity contribution in [3.63, 3.8) is 0 Å². The first-order chi connectivity index (χ1) is 17.4. The molecule has 1 aromatic rings. The number of nitrogens with one attached hydrogen (secondary N) is 3. The molecule has 3 amide bonds. The molecule has 0 fully saturated rings. The summed E-state index contributed by atoms with van der Waals surface area (Å²) in [6, 6.07) is 3.92. The highest BCUT2D eigenvalue weighted by atomic mass is 16.4. The molecule has 0 aliphatic heterocycles. The zero-order valence-corrected chi connectivity index (χ0v) is 20.6. The Kier molecular flexibility index (Phi) is 13.1. The van der Waals surface area contributed by atoms with Crippen LogP contribution in [0.1, 0.15) is 38.2 Å². The van der Waals surface area contributed by atoms with Gasteiger partial charge in [-0.2, -0.15) is 0 Å². The van der Waals surface area contributed by atoms with E-state index in [0.717, 1.165) is 0 Å². The number of amides is 3. The Morgan fingerprint density at radius 2 is 1.49 bits per heavy atom. The molecule has 0 aliphatic carbocycles. The molecule has 0 aliphatic rings. The summed E-state index contributed by atoms with van der Waals surface area (Å²) in [6.07, 6.45) is -0.0985. The number of benzene rings is 1. The molecule has 0 radical (unpaired) electrons. The Bertz CT molecular complexity index is 967. The molecule has 0 saturated carbocycles. The maximum absolute atomic E-state index is 13.1. The van der Waals surface area contributed by atoms with Crippen LogP contribution in [0.15, 0.2) is 35.3 Å². The van der Waals surface area contributed by atoms with E-state index in [0.29, 0.717) is 12.0 Å². The number of carboxylic acid groups (broad SMARTS) is 2. The minimum Gasteiger partial charge on any atom is -0.481 e. The van der Waals surface area contributed by atoms with Crippen molar-refractivity contribution in [1.82, 2.24) is 16.0 Å². The number of rotatable bonds is 16. The van der Waals surface area contributed by atoms with Crippen LogP contribution in [0, 0.1) is 0 Å². The van der Waals surface area contributed by atoms with Crippen molar-refractivity contribution in [2.75, 3.05) is 6.54 Å². The molecule has 4 atom stereocenters. The van der Waals surface area contributed by atoms with Crippen molar-refractivity contribution < 1.29 is 34.2 Å². The quantitative estimate of drug-likeness (QED) is 0.0676. The maximum Gasteiger partial charge on any atom is 0.325 e. The fraction of sp³-hybridized carbons (Fsp3) is 0.478. The molecule has 11 N–H and O–H groups in total. The van der Waals surface area contributed by atoms with Crippen LogP contribution in [0.3, 0.4) is 0 Å². The van der Waals surface area contributed by atoms with Crippen molar-refractivity contribution >= 4 is 35.6 Å². The standard InChI is InChI=1S/C23H35N7O7/c1-13(22(36)37)28-21(35)17(12-14-6-3-2-4-7-14)30-20(34)16(9-10-18(31)32)29-19(33)15(24)8-5-11-27-23(25)26/h2-4,6-7,13,15-17H,5,8-12,24H2,1H3,(H,28,35)(H,29,33)(H,30,34)(H,31,32)(H,36,37)(H4,25,26,27). The zero-order valence-electron chi connectivity index (χ0n) is 20.6. The lowest BCUT2D eigenvalue weighted by Crippen LogP contribution is -2.57. The number of aliphatic imine (C=N–C) groups is 1. The lowest BCUT2D eigenvalue weighted by Gasteiger charge is -2.24. The Labute approximate surface area is 214 Å². The first-order valence-electron chi connectivity index (χ1n) is 11.6. The Morgan fingerprint density at radius 3 is 2.05 bits per heavy atom. The number of aliphatic carboxylic acids is 2. The van der Waals surface area contributed by atoms with Gasteiger partial charge in [0.25, 0.3) is 0 Å². The maximum atomic E-state index is 13.1. The Hall–Kier alpha value is -4.20. The summed E-state index contributed by atoms with van der Waals surface area (Å²) in [5.74, 6) is -4.83. The highest BCUT2D eigenvalue weighted by molar-refractivity contribution is 5.94. The average molecular weight is 522 g/mol. The third kappa shape index (κ3) is 12.4. The predicted octanol–water partition coefficient (Wildman–Crippen LogP) is -1.97. The molecule has 1 aromatic carbocycles. The number of carbonyl (C=O) groups excluding carboxylic acids is 3. The summed E-state index contributed by atoms with van der Waals surface area (Å²) in [4.78, 5) is 64.5. The highest BCUT2D eigenvalue weighted by Gasteiger charge is 2.29. The number of guanidine groups is 1. The number of nitrogens with two attached hydrogens (primary N) is 3. The topological polar surface area (TPSA) is 252 Å². The number of hydrogen-bond donors (Lipinski definition) is 8. The minimum absolute atomic E-state index is 0.0225. The van der Waals surface area contributed by atoms with Crippen molar-refractivity contribution in [3.8, 4) is 0 Å². The van der Waals surface area contributed by atoms with Crippen LogP contribution in [0.4, 0.5) is 0 Å². The molecule has 204 valence electrons. The summed E-state index contributed by atoms with van der Waals surface area (Å²) < 4.78 is 0. The summed E-state index contributed by atoms with van der Waals surface area (Å²) in [6.45, 7) is 1.52. The van der Waals surface area contributed by atoms with Gasteiger partial charge < -0.3 is 43.4 Å². The molecule has 4 unspecified atom stereocenters. The highest BCUT2D eigenvalue weighted by Crippen LogP contribution is 2.07. The van der Waals surface area contributed by atoms with E-state index in [2.05, 4.69) is 20.9 Å². The van der Waals surface area contributed by atoms with Gasteiger partial charge in [0.05, 0.1) is 6.04 Å². The smallest absolute Gasteiger partial charge is 0.325 e. The van der Waals surface area contributed by atoms with E-state index in [4.69, 9.17) is 27.4 Å². The number of carboxylic acids is 2. The lowest BCUT2D eigenvalue weighted by atomic mass is 10.0. The number of nitrogens with zero attached hydrogens (tertiary/aromatic N) is 1. The van der Waals surface area contributed by atoms with E-state index in [1.165, 1.54) is 6.92 Å². The second-order valence-corrected chi connectivity index (χ2v) is 8.37. The van der Waals surface area contributed by atoms with Crippen LogP contribution in [-0.4, -0.2) is 76.5 Å². The molecule has 14 nitrogen and oxygen atoms in total. The first-order valence-corrected chi connectivity index (χ1v) is 11.6. The summed E-state index contributed by atoms with van der Waals surface area (Å²) in [5.41, 5.74) is 17.1. The van der Waals surface area contributed by atoms with Gasteiger partial charge in [0.2, 0.25) is 17.7 Å². The van der Waals surface area contributed by atoms with Crippen LogP contribution in [0.5, 0.6) is 0 Å². The van der Waals surface area contributed by atoms with Gasteiger partial charge in [0.15, 0.2) is 5.96 Å². The monoisotopic (exact) mass is 521 g/mol. The van der Waals surface area contributed by atoms with E-state index in [-0.39, 0.29) is 31.8 Å². The molecule has 1 rings (SSSR count). The second kappa shape index (κ2) is 15.7. The van der Waals surface area contributed by atoms with Crippen molar-refractivity contribution in [2.24, 2.45) is 22.2 Å². The average Bonchev–Trinajstić information content (AvgIpc) is 2.83. The van der Waals surface area contributed by atoms with E-state index in [9.17, 15) is 24.0 Å². The fourth-order valence-electron chi connectivity index (χ4n) is 3.17. The molecule has 14 heteroatoms. The van der Waals surface area contributed by atoms with Gasteiger partial charge in [0.1, 0.15) is 18.1 Å². The summed E-state index contributed by atoms with van der Waals surface area (Å²) in [7, 11) is 0. The van der Waals surface area contributed by atoms with Crippen LogP contribution in [0.2, 0.25) is 0 Å². The lowest BCUT2D eigenvalue weighted by molar-refractivity contribution is -0.141. The van der Waals surface area contributed by atoms with Gasteiger partial charge in [-0.05, 0) is 31.7 Å². The Balaban J connectivity index is 2.99. The zero-order chi connectivity index (χ0) is 28.0. The van der Waals surface area contributed by atoms with E-state index >= 15 is 0 Å². The largest absolute Gasteiger partial charge is 0.481 e. The SMILES string of the molecule is CC(NC(=O)C(Cc1ccccc1)NC(=O)C(CCC(=O)O)NC(=O)C(N)CCCN=C(N)N)C(=O)O. The molecule has 0 bridgehead atoms. The Morgan fingerprint density at radius 1 is 0.892 bits per heavy atom. The first kappa shape index (κ1) is 30.8. The number of carbonyl (C=O) groups is 5. The number of hydrogen-bond acceptors (Lipinski definition) is 7. The summed E-state index contributed by atoms with van der Waals surface area (Å²) >= 11 is 0. The van der Waals surface area contributed by atoms with Crippen LogP contribution in [0.25, 0.3) is 0 Å². The minimum atomic E-state index is -1.31. The predicted molar refractivity (Wildman–Crippen MR) is 134 cm³/mol. The van der Waals surface area contributed by atoms with Gasteiger partial charge in [-0.15, -0.1) is 0 Å². The van der Waals surface area contributed by atoms with Crippen molar-refractivity contribution in [1.29, 1.82) is 0 Å². The van der Waals surface area contributed by atoms with Crippen molar-refractivity contribution in [3.05, 3.63) is 35.9 Å². The fourth-order valence-corrected chi connectivity index (χ4v) is 3.17. The second-order valence-electron chi connectivity index (χ2n) is 8.37.